The van der Waals surface area contributed by atoms with Crippen LogP contribution in [0.25, 0.3) is 11.0 Å². The molecule has 0 atom stereocenters. The van der Waals surface area contributed by atoms with Gasteiger partial charge in [0.1, 0.15) is 23.3 Å². The molecular formula is C14H12ClN5O. The summed E-state index contributed by atoms with van der Waals surface area (Å²) in [6.45, 7) is 0. The van der Waals surface area contributed by atoms with Gasteiger partial charge in [-0.15, -0.1) is 5.10 Å². The van der Waals surface area contributed by atoms with Gasteiger partial charge >= 0.3 is 0 Å². The molecule has 1 aliphatic rings. The molecule has 21 heavy (non-hydrogen) atoms. The number of fused-ring (bicyclic) bond motifs is 1. The minimum atomic E-state index is 0.365. The van der Waals surface area contributed by atoms with Crippen LogP contribution in [0.3, 0.4) is 0 Å². The van der Waals surface area contributed by atoms with Crippen molar-refractivity contribution in [1.82, 2.24) is 19.7 Å². The number of ether oxygens (including phenoxy) is 1. The molecule has 0 unspecified atom stereocenters. The molecule has 0 aliphatic heterocycles. The summed E-state index contributed by atoms with van der Waals surface area (Å²) in [6.07, 6.45) is 3.63. The van der Waals surface area contributed by atoms with Crippen LogP contribution in [-0.4, -0.2) is 19.7 Å². The highest BCUT2D eigenvalue weighted by Crippen LogP contribution is 2.40. The van der Waals surface area contributed by atoms with Crippen molar-refractivity contribution in [3.63, 3.8) is 0 Å². The molecule has 4 rings (SSSR count). The SMILES string of the molecule is Nc1ncnc2c1c(Oc1cccc(Cl)c1)nn2C1CC1. The number of nitrogens with two attached hydrogens (primary N) is 1. The number of hydrogen-bond donors (Lipinski definition) is 1. The Morgan fingerprint density at radius 1 is 1.29 bits per heavy atom. The third kappa shape index (κ3) is 2.17. The van der Waals surface area contributed by atoms with Crippen molar-refractivity contribution >= 4 is 28.5 Å². The van der Waals surface area contributed by atoms with Crippen LogP contribution in [0.15, 0.2) is 30.6 Å². The molecule has 6 nitrogen and oxygen atoms in total. The summed E-state index contributed by atoms with van der Waals surface area (Å²) in [5, 5.41) is 5.75. The monoisotopic (exact) mass is 301 g/mol. The van der Waals surface area contributed by atoms with E-state index in [9.17, 15) is 0 Å². The average molecular weight is 302 g/mol. The van der Waals surface area contributed by atoms with Crippen LogP contribution in [0.4, 0.5) is 5.82 Å². The number of nitrogens with zero attached hydrogens (tertiary/aromatic N) is 4. The summed E-state index contributed by atoms with van der Waals surface area (Å²) >= 11 is 5.97. The van der Waals surface area contributed by atoms with E-state index in [1.54, 1.807) is 12.1 Å². The number of aromatic nitrogens is 4. The Labute approximate surface area is 125 Å². The Morgan fingerprint density at radius 3 is 2.90 bits per heavy atom. The van der Waals surface area contributed by atoms with Crippen LogP contribution in [0.5, 0.6) is 11.6 Å². The lowest BCUT2D eigenvalue weighted by Crippen LogP contribution is -1.98. The largest absolute Gasteiger partial charge is 0.437 e. The Balaban J connectivity index is 1.84. The van der Waals surface area contributed by atoms with Crippen LogP contribution < -0.4 is 10.5 Å². The standard InChI is InChI=1S/C14H12ClN5O/c15-8-2-1-3-10(6-8)21-14-11-12(16)17-7-18-13(11)20(19-14)9-4-5-9/h1-3,6-7,9H,4-5H2,(H2,16,17,18). The number of halogens is 1. The summed E-state index contributed by atoms with van der Waals surface area (Å²) in [5.41, 5.74) is 6.67. The summed E-state index contributed by atoms with van der Waals surface area (Å²) in [7, 11) is 0. The second-order valence-corrected chi connectivity index (χ2v) is 5.43. The second kappa shape index (κ2) is 4.60. The fourth-order valence-electron chi connectivity index (χ4n) is 2.25. The van der Waals surface area contributed by atoms with E-state index in [2.05, 4.69) is 15.1 Å². The third-order valence-electron chi connectivity index (χ3n) is 3.39. The summed E-state index contributed by atoms with van der Waals surface area (Å²) in [5.74, 6) is 1.38. The Bertz CT molecular complexity index is 827. The van der Waals surface area contributed by atoms with Gasteiger partial charge in [0.05, 0.1) is 6.04 Å². The first-order valence-corrected chi connectivity index (χ1v) is 7.02. The van der Waals surface area contributed by atoms with Crippen LogP contribution in [0, 0.1) is 0 Å². The van der Waals surface area contributed by atoms with Gasteiger partial charge in [-0.2, -0.15) is 0 Å². The van der Waals surface area contributed by atoms with Crippen LogP contribution in [0.1, 0.15) is 18.9 Å². The highest BCUT2D eigenvalue weighted by atomic mass is 35.5. The molecule has 0 bridgehead atoms. The maximum absolute atomic E-state index is 5.97. The van der Waals surface area contributed by atoms with Crippen molar-refractivity contribution in [3.8, 4) is 11.6 Å². The average Bonchev–Trinajstić information content (AvgIpc) is 3.23. The zero-order valence-corrected chi connectivity index (χ0v) is 11.8. The first kappa shape index (κ1) is 12.4. The van der Waals surface area contributed by atoms with Gasteiger partial charge in [0.2, 0.25) is 0 Å². The van der Waals surface area contributed by atoms with Crippen molar-refractivity contribution in [2.24, 2.45) is 0 Å². The molecule has 2 N–H and O–H groups in total. The maximum atomic E-state index is 5.97. The third-order valence-corrected chi connectivity index (χ3v) is 3.62. The molecule has 0 amide bonds. The summed E-state index contributed by atoms with van der Waals surface area (Å²) in [6, 6.07) is 7.51. The van der Waals surface area contributed by atoms with Gasteiger partial charge < -0.3 is 10.5 Å². The molecule has 1 fully saturated rings. The maximum Gasteiger partial charge on any atom is 0.251 e. The Kier molecular flexibility index (Phi) is 2.71. The number of anilines is 1. The predicted octanol–water partition coefficient (Wildman–Crippen LogP) is 3.19. The lowest BCUT2D eigenvalue weighted by Gasteiger charge is -2.03. The fourth-order valence-corrected chi connectivity index (χ4v) is 2.43. The van der Waals surface area contributed by atoms with Crippen molar-refractivity contribution in [2.75, 3.05) is 5.73 Å². The molecule has 1 aromatic carbocycles. The summed E-state index contributed by atoms with van der Waals surface area (Å²) in [4.78, 5) is 8.31. The molecule has 0 saturated heterocycles. The van der Waals surface area contributed by atoms with Crippen LogP contribution in [-0.2, 0) is 0 Å². The van der Waals surface area contributed by atoms with E-state index in [-0.39, 0.29) is 0 Å². The highest BCUT2D eigenvalue weighted by Gasteiger charge is 2.29. The molecule has 3 aromatic rings. The molecule has 1 saturated carbocycles. The van der Waals surface area contributed by atoms with Gasteiger partial charge in [0.15, 0.2) is 5.65 Å². The lowest BCUT2D eigenvalue weighted by atomic mass is 10.3. The normalized spacial score (nSPS) is 14.5. The number of hydrogen-bond acceptors (Lipinski definition) is 5. The van der Waals surface area contributed by atoms with Gasteiger partial charge in [-0.1, -0.05) is 17.7 Å². The van der Waals surface area contributed by atoms with Gasteiger partial charge in [-0.05, 0) is 31.0 Å². The van der Waals surface area contributed by atoms with Crippen LogP contribution in [0.2, 0.25) is 5.02 Å². The Morgan fingerprint density at radius 2 is 2.14 bits per heavy atom. The predicted molar refractivity (Wildman–Crippen MR) is 79.5 cm³/mol. The van der Waals surface area contributed by atoms with Gasteiger partial charge in [-0.25, -0.2) is 14.6 Å². The summed E-state index contributed by atoms with van der Waals surface area (Å²) < 4.78 is 7.70. The van der Waals surface area contributed by atoms with Crippen molar-refractivity contribution in [1.29, 1.82) is 0 Å². The second-order valence-electron chi connectivity index (χ2n) is 5.00. The molecular weight excluding hydrogens is 290 g/mol. The lowest BCUT2D eigenvalue weighted by molar-refractivity contribution is 0.452. The molecule has 106 valence electrons. The van der Waals surface area contributed by atoms with Crippen molar-refractivity contribution < 1.29 is 4.74 Å². The van der Waals surface area contributed by atoms with E-state index in [4.69, 9.17) is 22.1 Å². The van der Waals surface area contributed by atoms with Crippen LogP contribution >= 0.6 is 11.6 Å². The smallest absolute Gasteiger partial charge is 0.251 e. The van der Waals surface area contributed by atoms with Gasteiger partial charge in [0.25, 0.3) is 5.88 Å². The van der Waals surface area contributed by atoms with E-state index < -0.39 is 0 Å². The first-order chi connectivity index (χ1) is 10.2. The topological polar surface area (TPSA) is 78.8 Å². The molecule has 2 heterocycles. The van der Waals surface area contributed by atoms with E-state index in [1.165, 1.54) is 6.33 Å². The number of nitrogen functional groups attached to an aromatic ring is 1. The minimum Gasteiger partial charge on any atom is -0.437 e. The molecule has 7 heteroatoms. The fraction of sp³-hybridized carbons (Fsp3) is 0.214. The first-order valence-electron chi connectivity index (χ1n) is 6.64. The highest BCUT2D eigenvalue weighted by molar-refractivity contribution is 6.30. The molecule has 0 radical (unpaired) electrons. The van der Waals surface area contributed by atoms with Crippen molar-refractivity contribution in [2.45, 2.75) is 18.9 Å². The van der Waals surface area contributed by atoms with Crippen molar-refractivity contribution in [3.05, 3.63) is 35.6 Å². The molecule has 1 aliphatic carbocycles. The Hall–Kier alpha value is -2.34. The van der Waals surface area contributed by atoms with E-state index in [0.29, 0.717) is 39.5 Å². The van der Waals surface area contributed by atoms with E-state index in [0.717, 1.165) is 12.8 Å². The zero-order chi connectivity index (χ0) is 14.4. The number of benzene rings is 1. The number of rotatable bonds is 3. The zero-order valence-electron chi connectivity index (χ0n) is 11.0. The van der Waals surface area contributed by atoms with E-state index >= 15 is 0 Å². The molecule has 0 spiro atoms. The van der Waals surface area contributed by atoms with Gasteiger partial charge in [0, 0.05) is 5.02 Å². The minimum absolute atomic E-state index is 0.365. The van der Waals surface area contributed by atoms with E-state index in [1.807, 2.05) is 16.8 Å². The molecule has 2 aromatic heterocycles. The van der Waals surface area contributed by atoms with Gasteiger partial charge in [-0.3, -0.25) is 0 Å². The quantitative estimate of drug-likeness (QED) is 0.803.